The Labute approximate surface area is 161 Å². The Bertz CT molecular complexity index is 1100. The first-order valence-corrected chi connectivity index (χ1v) is 8.30. The Hall–Kier alpha value is -3.89. The minimum Gasteiger partial charge on any atom is -0.341 e. The number of H-pyrrole nitrogens is 1. The van der Waals surface area contributed by atoms with Crippen LogP contribution in [0.5, 0.6) is 0 Å². The lowest BCUT2D eigenvalue weighted by molar-refractivity contribution is -0.137. The second-order valence-electron chi connectivity index (χ2n) is 6.24. The number of hydrogen-bond donors (Lipinski definition) is 2. The van der Waals surface area contributed by atoms with Crippen molar-refractivity contribution in [3.8, 4) is 0 Å². The van der Waals surface area contributed by atoms with E-state index in [1.165, 1.54) is 40.4 Å². The van der Waals surface area contributed by atoms with Gasteiger partial charge in [0.25, 0.3) is 11.8 Å². The normalized spacial score (nSPS) is 14.1. The highest BCUT2D eigenvalue weighted by molar-refractivity contribution is 6.14. The molecule has 0 bridgehead atoms. The van der Waals surface area contributed by atoms with Crippen LogP contribution in [0.2, 0.25) is 0 Å². The van der Waals surface area contributed by atoms with Crippen molar-refractivity contribution >= 4 is 28.9 Å². The van der Waals surface area contributed by atoms with Crippen LogP contribution in [0.1, 0.15) is 26.5 Å². The molecule has 0 spiro atoms. The Balaban J connectivity index is 1.65. The first-order chi connectivity index (χ1) is 13.8. The molecule has 8 nitrogen and oxygen atoms in total. The molecule has 0 fully saturated rings. The van der Waals surface area contributed by atoms with Crippen LogP contribution < -0.4 is 10.2 Å². The fraction of sp³-hybridized carbons (Fsp3) is 0.111. The highest BCUT2D eigenvalue weighted by Gasteiger charge is 2.34. The summed E-state index contributed by atoms with van der Waals surface area (Å²) >= 11 is 0. The van der Waals surface area contributed by atoms with Crippen molar-refractivity contribution < 1.29 is 22.8 Å². The van der Waals surface area contributed by atoms with E-state index < -0.39 is 23.6 Å². The number of amides is 2. The molecule has 1 aliphatic rings. The zero-order valence-electron chi connectivity index (χ0n) is 14.7. The number of aromatic nitrogens is 4. The molecule has 3 aromatic rings. The van der Waals surface area contributed by atoms with Crippen molar-refractivity contribution in [2.75, 3.05) is 16.8 Å². The van der Waals surface area contributed by atoms with Crippen LogP contribution in [-0.2, 0) is 6.18 Å². The number of benzene rings is 1. The quantitative estimate of drug-likeness (QED) is 0.704. The Morgan fingerprint density at radius 2 is 1.93 bits per heavy atom. The number of imidazole rings is 1. The van der Waals surface area contributed by atoms with Crippen LogP contribution in [0.4, 0.5) is 24.5 Å². The summed E-state index contributed by atoms with van der Waals surface area (Å²) in [6.45, 7) is 3.90. The van der Waals surface area contributed by atoms with Gasteiger partial charge in [-0.05, 0) is 24.3 Å². The summed E-state index contributed by atoms with van der Waals surface area (Å²) in [7, 11) is 0. The van der Waals surface area contributed by atoms with Gasteiger partial charge in [0.15, 0.2) is 5.69 Å². The first kappa shape index (κ1) is 18.5. The van der Waals surface area contributed by atoms with E-state index in [0.717, 1.165) is 12.1 Å². The van der Waals surface area contributed by atoms with Crippen molar-refractivity contribution in [1.29, 1.82) is 0 Å². The molecular formula is C18H13F3N6O2. The predicted octanol–water partition coefficient (Wildman–Crippen LogP) is 3.01. The maximum Gasteiger partial charge on any atom is 0.416 e. The SMILES string of the molecule is C=C1CN(c2ccc(C(F)(F)F)cc2)C(=O)c2c(NC(=O)c3cnc[nH]3)cnn21. The topological polar surface area (TPSA) is 95.9 Å². The lowest BCUT2D eigenvalue weighted by Crippen LogP contribution is -2.40. The fourth-order valence-corrected chi connectivity index (χ4v) is 2.94. The number of anilines is 2. The molecule has 0 radical (unpaired) electrons. The van der Waals surface area contributed by atoms with E-state index in [2.05, 4.69) is 27.0 Å². The summed E-state index contributed by atoms with van der Waals surface area (Å²) in [6.07, 6.45) is -0.512. The largest absolute Gasteiger partial charge is 0.416 e. The Kier molecular flexibility index (Phi) is 4.22. The molecule has 2 N–H and O–H groups in total. The van der Waals surface area contributed by atoms with E-state index >= 15 is 0 Å². The molecule has 0 aliphatic carbocycles. The van der Waals surface area contributed by atoms with Crippen molar-refractivity contribution in [2.24, 2.45) is 0 Å². The van der Waals surface area contributed by atoms with Crippen LogP contribution in [0, 0.1) is 0 Å². The van der Waals surface area contributed by atoms with Crippen LogP contribution in [0.3, 0.4) is 0 Å². The van der Waals surface area contributed by atoms with Crippen molar-refractivity contribution in [2.45, 2.75) is 6.18 Å². The summed E-state index contributed by atoms with van der Waals surface area (Å²) in [6, 6.07) is 4.22. The number of fused-ring (bicyclic) bond motifs is 1. The van der Waals surface area contributed by atoms with Gasteiger partial charge in [-0.15, -0.1) is 0 Å². The third kappa shape index (κ3) is 3.26. The third-order valence-corrected chi connectivity index (χ3v) is 4.35. The maximum atomic E-state index is 13.0. The number of halogens is 3. The van der Waals surface area contributed by atoms with Gasteiger partial charge in [-0.2, -0.15) is 18.3 Å². The fourth-order valence-electron chi connectivity index (χ4n) is 2.94. The van der Waals surface area contributed by atoms with Gasteiger partial charge in [-0.3, -0.25) is 9.59 Å². The minimum atomic E-state index is -4.48. The third-order valence-electron chi connectivity index (χ3n) is 4.35. The summed E-state index contributed by atoms with van der Waals surface area (Å²) in [5.74, 6) is -1.06. The molecule has 0 unspecified atom stereocenters. The van der Waals surface area contributed by atoms with Gasteiger partial charge in [0.2, 0.25) is 0 Å². The molecule has 4 rings (SSSR count). The zero-order valence-corrected chi connectivity index (χ0v) is 14.7. The number of nitrogens with zero attached hydrogens (tertiary/aromatic N) is 4. The van der Waals surface area contributed by atoms with Gasteiger partial charge in [-0.1, -0.05) is 6.58 Å². The van der Waals surface area contributed by atoms with Crippen LogP contribution in [0.15, 0.2) is 49.6 Å². The van der Waals surface area contributed by atoms with Crippen LogP contribution in [-0.4, -0.2) is 38.1 Å². The lowest BCUT2D eigenvalue weighted by Gasteiger charge is -2.29. The van der Waals surface area contributed by atoms with Crippen molar-refractivity contribution in [3.05, 3.63) is 66.5 Å². The molecular weight excluding hydrogens is 389 g/mol. The lowest BCUT2D eigenvalue weighted by atomic mass is 10.1. The second kappa shape index (κ2) is 6.62. The Morgan fingerprint density at radius 3 is 2.55 bits per heavy atom. The molecule has 29 heavy (non-hydrogen) atoms. The summed E-state index contributed by atoms with van der Waals surface area (Å²) in [5.41, 5.74) is 0.249. The smallest absolute Gasteiger partial charge is 0.341 e. The van der Waals surface area contributed by atoms with Crippen molar-refractivity contribution in [3.63, 3.8) is 0 Å². The van der Waals surface area contributed by atoms with E-state index in [1.807, 2.05) is 0 Å². The molecule has 1 aromatic carbocycles. The van der Waals surface area contributed by atoms with Gasteiger partial charge < -0.3 is 15.2 Å². The summed E-state index contributed by atoms with van der Waals surface area (Å²) < 4.78 is 39.7. The van der Waals surface area contributed by atoms with E-state index in [9.17, 15) is 22.8 Å². The van der Waals surface area contributed by atoms with Crippen LogP contribution in [0.25, 0.3) is 5.70 Å². The second-order valence-corrected chi connectivity index (χ2v) is 6.24. The van der Waals surface area contributed by atoms with Crippen LogP contribution >= 0.6 is 0 Å². The highest BCUT2D eigenvalue weighted by Crippen LogP contribution is 2.33. The van der Waals surface area contributed by atoms with Gasteiger partial charge in [-0.25, -0.2) is 9.67 Å². The van der Waals surface area contributed by atoms with E-state index in [0.29, 0.717) is 5.70 Å². The number of nitrogens with one attached hydrogen (secondary N) is 2. The van der Waals surface area contributed by atoms with Gasteiger partial charge in [0.05, 0.1) is 42.2 Å². The number of carbonyl (C=O) groups is 2. The average molecular weight is 402 g/mol. The molecule has 3 heterocycles. The number of carbonyl (C=O) groups excluding carboxylic acids is 2. The monoisotopic (exact) mass is 402 g/mol. The Morgan fingerprint density at radius 1 is 1.21 bits per heavy atom. The molecule has 148 valence electrons. The number of hydrogen-bond acceptors (Lipinski definition) is 4. The number of rotatable bonds is 3. The summed E-state index contributed by atoms with van der Waals surface area (Å²) in [5, 5.41) is 6.65. The number of aromatic amines is 1. The molecule has 1 aliphatic heterocycles. The minimum absolute atomic E-state index is 0.0345. The maximum absolute atomic E-state index is 13.0. The molecule has 0 saturated heterocycles. The molecule has 2 amide bonds. The predicted molar refractivity (Wildman–Crippen MR) is 97.2 cm³/mol. The van der Waals surface area contributed by atoms with Gasteiger partial charge >= 0.3 is 6.18 Å². The first-order valence-electron chi connectivity index (χ1n) is 8.30. The van der Waals surface area contributed by atoms with E-state index in [4.69, 9.17) is 0 Å². The standard InChI is InChI=1S/C18H13F3N6O2/c1-10-8-26(12-4-2-11(3-5-12)18(19,20)21)17(29)15-13(7-24-27(10)15)25-16(28)14-6-22-9-23-14/h2-7,9H,1,8H2,(H,22,23)(H,25,28). The van der Waals surface area contributed by atoms with E-state index in [-0.39, 0.29) is 29.3 Å². The number of alkyl halides is 3. The van der Waals surface area contributed by atoms with E-state index in [1.54, 1.807) is 0 Å². The molecule has 2 aromatic heterocycles. The highest BCUT2D eigenvalue weighted by atomic mass is 19.4. The zero-order chi connectivity index (χ0) is 20.8. The average Bonchev–Trinajstić information content (AvgIpc) is 3.34. The van der Waals surface area contributed by atoms with Gasteiger partial charge in [0.1, 0.15) is 5.69 Å². The molecule has 0 atom stereocenters. The molecule has 0 saturated carbocycles. The molecule has 11 heteroatoms. The van der Waals surface area contributed by atoms with Crippen molar-refractivity contribution in [1.82, 2.24) is 19.7 Å². The summed E-state index contributed by atoms with van der Waals surface area (Å²) in [4.78, 5) is 33.0. The van der Waals surface area contributed by atoms with Gasteiger partial charge in [0, 0.05) is 5.69 Å².